The lowest BCUT2D eigenvalue weighted by Gasteiger charge is -2.06. The van der Waals surface area contributed by atoms with Crippen molar-refractivity contribution < 1.29 is 14.3 Å². The van der Waals surface area contributed by atoms with Gasteiger partial charge in [0.25, 0.3) is 0 Å². The van der Waals surface area contributed by atoms with E-state index in [9.17, 15) is 4.79 Å². The van der Waals surface area contributed by atoms with Crippen LogP contribution in [0.25, 0.3) is 16.3 Å². The van der Waals surface area contributed by atoms with Crippen LogP contribution in [-0.4, -0.2) is 18.1 Å². The Balaban J connectivity index is 1.73. The number of carbonyl (C=O) groups is 1. The Hall–Kier alpha value is -2.66. The van der Waals surface area contributed by atoms with Gasteiger partial charge in [-0.25, -0.2) is 9.78 Å². The molecule has 2 aromatic carbocycles. The van der Waals surface area contributed by atoms with Gasteiger partial charge in [-0.15, -0.1) is 11.3 Å². The molecular weight excluding hydrogens is 298 g/mol. The van der Waals surface area contributed by atoms with Crippen molar-refractivity contribution in [1.82, 2.24) is 4.98 Å². The molecule has 0 radical (unpaired) electrons. The zero-order chi connectivity index (χ0) is 15.4. The van der Waals surface area contributed by atoms with E-state index in [0.29, 0.717) is 11.5 Å². The van der Waals surface area contributed by atoms with Crippen LogP contribution in [0.5, 0.6) is 11.5 Å². The first-order valence-electron chi connectivity index (χ1n) is 6.65. The van der Waals surface area contributed by atoms with Crippen LogP contribution in [0.4, 0.5) is 0 Å². The number of esters is 1. The maximum atomic E-state index is 11.9. The second-order valence-electron chi connectivity index (χ2n) is 4.43. The predicted molar refractivity (Wildman–Crippen MR) is 87.3 cm³/mol. The number of hydrogen-bond donors (Lipinski definition) is 0. The molecule has 1 aromatic heterocycles. The topological polar surface area (TPSA) is 48.4 Å². The van der Waals surface area contributed by atoms with Gasteiger partial charge in [0.15, 0.2) is 11.5 Å². The summed E-state index contributed by atoms with van der Waals surface area (Å²) >= 11 is 1.52. The average molecular weight is 311 g/mol. The number of benzene rings is 2. The molecule has 22 heavy (non-hydrogen) atoms. The summed E-state index contributed by atoms with van der Waals surface area (Å²) in [6.07, 6.45) is 3.02. The number of nitrogens with zero attached hydrogens (tertiary/aromatic N) is 1. The lowest BCUT2D eigenvalue weighted by Crippen LogP contribution is -2.04. The molecule has 4 nitrogen and oxygen atoms in total. The maximum Gasteiger partial charge on any atom is 0.336 e. The van der Waals surface area contributed by atoms with Crippen LogP contribution in [0.1, 0.15) is 5.01 Å². The van der Waals surface area contributed by atoms with E-state index < -0.39 is 5.97 Å². The summed E-state index contributed by atoms with van der Waals surface area (Å²) in [4.78, 5) is 16.3. The van der Waals surface area contributed by atoms with Crippen molar-refractivity contribution in [3.8, 4) is 11.5 Å². The van der Waals surface area contributed by atoms with E-state index in [2.05, 4.69) is 4.98 Å². The number of ether oxygens (including phenoxy) is 2. The largest absolute Gasteiger partial charge is 0.493 e. The van der Waals surface area contributed by atoms with E-state index in [4.69, 9.17) is 9.47 Å². The Bertz CT molecular complexity index is 806. The molecule has 0 amide bonds. The number of thiazole rings is 1. The Morgan fingerprint density at radius 1 is 1.09 bits per heavy atom. The molecule has 0 fully saturated rings. The number of fused-ring (bicyclic) bond motifs is 1. The third-order valence-electron chi connectivity index (χ3n) is 2.95. The Labute approximate surface area is 131 Å². The molecule has 3 rings (SSSR count). The second-order valence-corrected chi connectivity index (χ2v) is 5.49. The molecule has 0 unspecified atom stereocenters. The third-order valence-corrected chi connectivity index (χ3v) is 3.95. The van der Waals surface area contributed by atoms with Crippen molar-refractivity contribution in [3.05, 3.63) is 59.6 Å². The number of aromatic nitrogens is 1. The molecule has 0 aliphatic heterocycles. The van der Waals surface area contributed by atoms with Gasteiger partial charge in [0.1, 0.15) is 5.01 Å². The highest BCUT2D eigenvalue weighted by Crippen LogP contribution is 2.26. The van der Waals surface area contributed by atoms with Crippen LogP contribution in [0, 0.1) is 0 Å². The molecule has 110 valence electrons. The van der Waals surface area contributed by atoms with Crippen molar-refractivity contribution in [2.45, 2.75) is 0 Å². The first kappa shape index (κ1) is 14.3. The van der Waals surface area contributed by atoms with Gasteiger partial charge in [-0.3, -0.25) is 0 Å². The smallest absolute Gasteiger partial charge is 0.336 e. The fraction of sp³-hybridized carbons (Fsp3) is 0.0588. The normalized spacial score (nSPS) is 11.0. The monoisotopic (exact) mass is 311 g/mol. The van der Waals surface area contributed by atoms with Gasteiger partial charge in [0.2, 0.25) is 0 Å². The Morgan fingerprint density at radius 3 is 2.59 bits per heavy atom. The first-order chi connectivity index (χ1) is 10.8. The van der Waals surface area contributed by atoms with Gasteiger partial charge >= 0.3 is 5.97 Å². The lowest BCUT2D eigenvalue weighted by atomic mass is 10.3. The van der Waals surface area contributed by atoms with Crippen molar-refractivity contribution in [2.24, 2.45) is 0 Å². The number of carbonyl (C=O) groups excluding carboxylic acids is 1. The minimum atomic E-state index is -0.469. The predicted octanol–water partition coefficient (Wildman–Crippen LogP) is 3.92. The highest BCUT2D eigenvalue weighted by molar-refractivity contribution is 7.19. The van der Waals surface area contributed by atoms with Crippen LogP contribution in [0.3, 0.4) is 0 Å². The molecule has 1 heterocycles. The molecule has 0 spiro atoms. The van der Waals surface area contributed by atoms with E-state index >= 15 is 0 Å². The number of hydrogen-bond acceptors (Lipinski definition) is 5. The molecule has 0 aliphatic rings. The minimum absolute atomic E-state index is 0.393. The first-order valence-corrected chi connectivity index (χ1v) is 7.46. The molecule has 0 bridgehead atoms. The van der Waals surface area contributed by atoms with Crippen LogP contribution < -0.4 is 9.47 Å². The molecule has 5 heteroatoms. The third kappa shape index (κ3) is 3.15. The molecule has 0 atom stereocenters. The van der Waals surface area contributed by atoms with Gasteiger partial charge < -0.3 is 9.47 Å². The number of rotatable bonds is 4. The second kappa shape index (κ2) is 6.41. The van der Waals surface area contributed by atoms with Gasteiger partial charge in [-0.1, -0.05) is 24.3 Å². The van der Waals surface area contributed by atoms with Crippen molar-refractivity contribution in [1.29, 1.82) is 0 Å². The van der Waals surface area contributed by atoms with Crippen molar-refractivity contribution in [3.63, 3.8) is 0 Å². The number of methoxy groups -OCH3 is 1. The van der Waals surface area contributed by atoms with Crippen molar-refractivity contribution >= 4 is 33.6 Å². The summed E-state index contributed by atoms with van der Waals surface area (Å²) in [5.74, 6) is 0.442. The number of para-hydroxylation sites is 3. The molecule has 3 aromatic rings. The fourth-order valence-electron chi connectivity index (χ4n) is 1.95. The zero-order valence-corrected chi connectivity index (χ0v) is 12.7. The highest BCUT2D eigenvalue weighted by Gasteiger charge is 2.07. The van der Waals surface area contributed by atoms with E-state index in [1.165, 1.54) is 24.5 Å². The molecule has 0 saturated carbocycles. The standard InChI is InChI=1S/C17H13NO3S/c1-20-13-7-3-4-8-14(13)21-17(19)11-10-16-18-12-6-2-5-9-15(12)22-16/h2-11H,1H3/b11-10+. The van der Waals surface area contributed by atoms with Crippen LogP contribution >= 0.6 is 11.3 Å². The van der Waals surface area contributed by atoms with Crippen LogP contribution in [-0.2, 0) is 4.79 Å². The summed E-state index contributed by atoms with van der Waals surface area (Å²) in [5, 5.41) is 0.762. The fourth-order valence-corrected chi connectivity index (χ4v) is 2.82. The molecule has 0 saturated heterocycles. The Kier molecular flexibility index (Phi) is 4.16. The molecule has 0 aliphatic carbocycles. The highest BCUT2D eigenvalue weighted by atomic mass is 32.1. The summed E-state index contributed by atoms with van der Waals surface area (Å²) in [5.41, 5.74) is 0.922. The van der Waals surface area contributed by atoms with E-state index in [0.717, 1.165) is 15.2 Å². The molecule has 0 N–H and O–H groups in total. The Morgan fingerprint density at radius 2 is 1.82 bits per heavy atom. The van der Waals surface area contributed by atoms with Gasteiger partial charge in [-0.2, -0.15) is 0 Å². The minimum Gasteiger partial charge on any atom is -0.493 e. The molecular formula is C17H13NO3S. The van der Waals surface area contributed by atoms with Gasteiger partial charge in [0.05, 0.1) is 17.3 Å². The van der Waals surface area contributed by atoms with Crippen LogP contribution in [0.15, 0.2) is 54.6 Å². The van der Waals surface area contributed by atoms with Crippen molar-refractivity contribution in [2.75, 3.05) is 7.11 Å². The van der Waals surface area contributed by atoms with E-state index in [-0.39, 0.29) is 0 Å². The maximum absolute atomic E-state index is 11.9. The summed E-state index contributed by atoms with van der Waals surface area (Å²) in [7, 11) is 1.53. The summed E-state index contributed by atoms with van der Waals surface area (Å²) in [6, 6.07) is 14.8. The summed E-state index contributed by atoms with van der Waals surface area (Å²) in [6.45, 7) is 0. The quantitative estimate of drug-likeness (QED) is 0.416. The summed E-state index contributed by atoms with van der Waals surface area (Å²) < 4.78 is 11.5. The van der Waals surface area contributed by atoms with E-state index in [1.807, 2.05) is 30.3 Å². The van der Waals surface area contributed by atoms with Gasteiger partial charge in [0, 0.05) is 6.08 Å². The van der Waals surface area contributed by atoms with Crippen LogP contribution in [0.2, 0.25) is 0 Å². The average Bonchev–Trinajstić information content (AvgIpc) is 2.96. The van der Waals surface area contributed by atoms with E-state index in [1.54, 1.807) is 24.3 Å². The SMILES string of the molecule is COc1ccccc1OC(=O)/C=C/c1nc2ccccc2s1. The van der Waals surface area contributed by atoms with Gasteiger partial charge in [-0.05, 0) is 30.3 Å². The zero-order valence-electron chi connectivity index (χ0n) is 11.9. The lowest BCUT2D eigenvalue weighted by molar-refractivity contribution is -0.129.